The van der Waals surface area contributed by atoms with Crippen LogP contribution < -0.4 is 0 Å². The molecule has 20 heavy (non-hydrogen) atoms. The smallest absolute Gasteiger partial charge is 0.144 e. The summed E-state index contributed by atoms with van der Waals surface area (Å²) in [6, 6.07) is 10.3. The van der Waals surface area contributed by atoms with Gasteiger partial charge in [-0.2, -0.15) is 0 Å². The Bertz CT molecular complexity index is 645. The summed E-state index contributed by atoms with van der Waals surface area (Å²) in [7, 11) is 0. The molecular formula is C16H17BrN2S. The van der Waals surface area contributed by atoms with Crippen molar-refractivity contribution in [3.05, 3.63) is 45.3 Å². The predicted octanol–water partition coefficient (Wildman–Crippen LogP) is 5.62. The van der Waals surface area contributed by atoms with Crippen LogP contribution in [-0.2, 0) is 0 Å². The summed E-state index contributed by atoms with van der Waals surface area (Å²) < 4.78 is 1.54. The van der Waals surface area contributed by atoms with Gasteiger partial charge in [-0.15, -0.1) is 0 Å². The third-order valence-corrected chi connectivity index (χ3v) is 5.27. The Morgan fingerprint density at radius 3 is 2.50 bits per heavy atom. The minimum absolute atomic E-state index is 0.529. The first-order chi connectivity index (χ1) is 9.75. The molecule has 1 aliphatic rings. The molecule has 0 radical (unpaired) electrons. The quantitative estimate of drug-likeness (QED) is 0.713. The van der Waals surface area contributed by atoms with E-state index in [-0.39, 0.29) is 0 Å². The van der Waals surface area contributed by atoms with Crippen molar-refractivity contribution in [3.63, 3.8) is 0 Å². The molecule has 1 aromatic heterocycles. The molecule has 2 nitrogen and oxygen atoms in total. The first-order valence-electron chi connectivity index (χ1n) is 7.11. The van der Waals surface area contributed by atoms with E-state index in [0.29, 0.717) is 10.6 Å². The molecule has 0 amide bonds. The fourth-order valence-corrected chi connectivity index (χ4v) is 3.47. The van der Waals surface area contributed by atoms with Gasteiger partial charge in [-0.25, -0.2) is 4.98 Å². The van der Waals surface area contributed by atoms with Crippen molar-refractivity contribution in [2.24, 2.45) is 0 Å². The SMILES string of the molecule is S=c1nc(C2CCCCC2)[nH]c(-c2ccccc2)c1Br. The lowest BCUT2D eigenvalue weighted by molar-refractivity contribution is 0.428. The van der Waals surface area contributed by atoms with Crippen molar-refractivity contribution in [3.8, 4) is 11.3 Å². The summed E-state index contributed by atoms with van der Waals surface area (Å²) in [5.74, 6) is 1.58. The Balaban J connectivity index is 2.06. The van der Waals surface area contributed by atoms with E-state index in [1.54, 1.807) is 0 Å². The van der Waals surface area contributed by atoms with Gasteiger partial charge in [0.2, 0.25) is 0 Å². The molecule has 4 heteroatoms. The van der Waals surface area contributed by atoms with E-state index in [1.165, 1.54) is 32.1 Å². The highest BCUT2D eigenvalue weighted by atomic mass is 79.9. The average Bonchev–Trinajstić information content (AvgIpc) is 2.51. The minimum atomic E-state index is 0.529. The number of benzene rings is 1. The molecule has 0 aliphatic heterocycles. The summed E-state index contributed by atoms with van der Waals surface area (Å²) >= 11 is 9.00. The van der Waals surface area contributed by atoms with Gasteiger partial charge in [-0.3, -0.25) is 0 Å². The van der Waals surface area contributed by atoms with Gasteiger partial charge in [0, 0.05) is 5.92 Å². The Morgan fingerprint density at radius 1 is 1.10 bits per heavy atom. The third kappa shape index (κ3) is 2.86. The molecule has 0 bridgehead atoms. The lowest BCUT2D eigenvalue weighted by Gasteiger charge is -2.21. The van der Waals surface area contributed by atoms with Crippen LogP contribution in [0, 0.1) is 4.64 Å². The molecule has 1 aromatic carbocycles. The molecule has 3 rings (SSSR count). The topological polar surface area (TPSA) is 28.7 Å². The zero-order valence-electron chi connectivity index (χ0n) is 11.2. The molecule has 2 aromatic rings. The number of hydrogen-bond acceptors (Lipinski definition) is 2. The maximum atomic E-state index is 5.42. The van der Waals surface area contributed by atoms with Gasteiger partial charge in [-0.1, -0.05) is 61.8 Å². The zero-order valence-corrected chi connectivity index (χ0v) is 13.6. The van der Waals surface area contributed by atoms with Crippen molar-refractivity contribution < 1.29 is 0 Å². The Kier molecular flexibility index (Phi) is 4.32. The normalized spacial score (nSPS) is 16.2. The second-order valence-corrected chi connectivity index (χ2v) is 6.50. The molecular weight excluding hydrogens is 332 g/mol. The van der Waals surface area contributed by atoms with Crippen molar-refractivity contribution in [1.29, 1.82) is 0 Å². The van der Waals surface area contributed by atoms with Crippen LogP contribution in [0.1, 0.15) is 43.8 Å². The summed E-state index contributed by atoms with van der Waals surface area (Å²) in [6.45, 7) is 0. The van der Waals surface area contributed by atoms with Crippen molar-refractivity contribution in [1.82, 2.24) is 9.97 Å². The van der Waals surface area contributed by atoms with Crippen LogP contribution in [0.3, 0.4) is 0 Å². The number of nitrogens with zero attached hydrogens (tertiary/aromatic N) is 1. The van der Waals surface area contributed by atoms with E-state index in [2.05, 4.69) is 38.0 Å². The standard InChI is InChI=1S/C16H17BrN2S/c17-13-14(11-7-3-1-4-8-11)18-15(19-16(13)20)12-9-5-2-6-10-12/h1,3-4,7-8,12H,2,5-6,9-10H2,(H,18,19,20). The van der Waals surface area contributed by atoms with Gasteiger partial charge in [0.05, 0.1) is 10.2 Å². The van der Waals surface area contributed by atoms with E-state index in [9.17, 15) is 0 Å². The minimum Gasteiger partial charge on any atom is -0.342 e. The molecule has 0 unspecified atom stereocenters. The lowest BCUT2D eigenvalue weighted by atomic mass is 9.88. The fourth-order valence-electron chi connectivity index (χ4n) is 2.85. The number of halogens is 1. The zero-order chi connectivity index (χ0) is 13.9. The molecule has 1 fully saturated rings. The summed E-state index contributed by atoms with van der Waals surface area (Å²) in [4.78, 5) is 8.11. The van der Waals surface area contributed by atoms with Crippen molar-refractivity contribution >= 4 is 28.1 Å². The highest BCUT2D eigenvalue weighted by molar-refractivity contribution is 9.10. The molecule has 1 heterocycles. The molecule has 0 saturated heterocycles. The molecule has 104 valence electrons. The van der Waals surface area contributed by atoms with Crippen LogP contribution >= 0.6 is 28.1 Å². The van der Waals surface area contributed by atoms with Gasteiger partial charge in [-0.05, 0) is 34.3 Å². The van der Waals surface area contributed by atoms with E-state index in [1.807, 2.05) is 18.2 Å². The van der Waals surface area contributed by atoms with Crippen LogP contribution in [0.25, 0.3) is 11.3 Å². The van der Waals surface area contributed by atoms with E-state index >= 15 is 0 Å². The number of aromatic nitrogens is 2. The molecule has 0 atom stereocenters. The summed E-state index contributed by atoms with van der Waals surface area (Å²) in [6.07, 6.45) is 6.37. The monoisotopic (exact) mass is 348 g/mol. The number of rotatable bonds is 2. The van der Waals surface area contributed by atoms with Crippen LogP contribution in [0.4, 0.5) is 0 Å². The first-order valence-corrected chi connectivity index (χ1v) is 8.31. The second kappa shape index (κ2) is 6.19. The van der Waals surface area contributed by atoms with Crippen LogP contribution in [-0.4, -0.2) is 9.97 Å². The Hall–Kier alpha value is -1.00. The van der Waals surface area contributed by atoms with Gasteiger partial charge in [0.15, 0.2) is 0 Å². The van der Waals surface area contributed by atoms with Crippen LogP contribution in [0.5, 0.6) is 0 Å². The molecule has 0 spiro atoms. The van der Waals surface area contributed by atoms with Gasteiger partial charge < -0.3 is 4.98 Å². The summed E-state index contributed by atoms with van der Waals surface area (Å²) in [5.41, 5.74) is 2.19. The molecule has 1 saturated carbocycles. The fraction of sp³-hybridized carbons (Fsp3) is 0.375. The second-order valence-electron chi connectivity index (χ2n) is 5.32. The van der Waals surface area contributed by atoms with Crippen LogP contribution in [0.2, 0.25) is 0 Å². The number of H-pyrrole nitrogens is 1. The number of nitrogens with one attached hydrogen (secondary N) is 1. The maximum absolute atomic E-state index is 5.42. The highest BCUT2D eigenvalue weighted by Crippen LogP contribution is 2.33. The van der Waals surface area contributed by atoms with Gasteiger partial charge >= 0.3 is 0 Å². The maximum Gasteiger partial charge on any atom is 0.144 e. The highest BCUT2D eigenvalue weighted by Gasteiger charge is 2.19. The van der Waals surface area contributed by atoms with Crippen molar-refractivity contribution in [2.45, 2.75) is 38.0 Å². The largest absolute Gasteiger partial charge is 0.342 e. The number of aromatic amines is 1. The Morgan fingerprint density at radius 2 is 1.80 bits per heavy atom. The lowest BCUT2D eigenvalue weighted by Crippen LogP contribution is -2.10. The van der Waals surface area contributed by atoms with Crippen molar-refractivity contribution in [2.75, 3.05) is 0 Å². The molecule has 1 N–H and O–H groups in total. The average molecular weight is 349 g/mol. The first kappa shape index (κ1) is 14.0. The predicted molar refractivity (Wildman–Crippen MR) is 88.4 cm³/mol. The van der Waals surface area contributed by atoms with Gasteiger partial charge in [0.25, 0.3) is 0 Å². The Labute approximate surface area is 132 Å². The third-order valence-electron chi connectivity index (χ3n) is 3.94. The van der Waals surface area contributed by atoms with Gasteiger partial charge in [0.1, 0.15) is 10.5 Å². The van der Waals surface area contributed by atoms with E-state index in [0.717, 1.165) is 21.6 Å². The van der Waals surface area contributed by atoms with Crippen LogP contribution in [0.15, 0.2) is 34.8 Å². The number of hydrogen-bond donors (Lipinski definition) is 1. The molecule has 1 aliphatic carbocycles. The summed E-state index contributed by atoms with van der Waals surface area (Å²) in [5, 5.41) is 0. The van der Waals surface area contributed by atoms with E-state index < -0.39 is 0 Å². The van der Waals surface area contributed by atoms with E-state index in [4.69, 9.17) is 12.2 Å².